The summed E-state index contributed by atoms with van der Waals surface area (Å²) in [6.45, 7) is 2.13. The fourth-order valence-corrected chi connectivity index (χ4v) is 9.67. The van der Waals surface area contributed by atoms with Crippen LogP contribution in [0, 0.1) is 23.7 Å². The molecule has 6 atom stereocenters. The number of ether oxygens (including phenoxy) is 4. The van der Waals surface area contributed by atoms with Gasteiger partial charge in [0, 0.05) is 47.7 Å². The Hall–Kier alpha value is 0.480. The molecular formula is C21H32O7S3. The molecule has 2 spiro atoms. The lowest BCUT2D eigenvalue weighted by molar-refractivity contribution is -0.221. The predicted octanol–water partition coefficient (Wildman–Crippen LogP) is 1.25. The second kappa shape index (κ2) is 9.62. The molecule has 0 amide bonds. The van der Waals surface area contributed by atoms with Crippen molar-refractivity contribution in [3.63, 3.8) is 0 Å². The van der Waals surface area contributed by atoms with Crippen LogP contribution in [0.4, 0.5) is 0 Å². The number of ketones is 1. The third kappa shape index (κ3) is 4.23. The minimum atomic E-state index is -0.838. The van der Waals surface area contributed by atoms with Crippen LogP contribution in [-0.2, 0) is 23.7 Å². The van der Waals surface area contributed by atoms with Gasteiger partial charge in [-0.15, -0.1) is 0 Å². The summed E-state index contributed by atoms with van der Waals surface area (Å²) in [5.41, 5.74) is 0. The predicted molar refractivity (Wildman–Crippen MR) is 121 cm³/mol. The molecular weight excluding hydrogens is 460 g/mol. The van der Waals surface area contributed by atoms with E-state index in [1.165, 1.54) is 0 Å². The van der Waals surface area contributed by atoms with E-state index in [4.69, 9.17) is 18.9 Å². The lowest BCUT2D eigenvalue weighted by atomic mass is 9.76. The van der Waals surface area contributed by atoms with E-state index in [0.29, 0.717) is 49.4 Å². The van der Waals surface area contributed by atoms with Crippen molar-refractivity contribution in [1.82, 2.24) is 0 Å². The van der Waals surface area contributed by atoms with Crippen molar-refractivity contribution < 1.29 is 34.0 Å². The Labute approximate surface area is 196 Å². The van der Waals surface area contributed by atoms with Crippen LogP contribution < -0.4 is 0 Å². The first-order valence-electron chi connectivity index (χ1n) is 11.3. The minimum absolute atomic E-state index is 0.0359. The Morgan fingerprint density at radius 1 is 0.710 bits per heavy atom. The van der Waals surface area contributed by atoms with Crippen LogP contribution in [0.25, 0.3) is 0 Å². The molecule has 0 aromatic rings. The second-order valence-corrected chi connectivity index (χ2v) is 12.4. The number of aliphatic hydroxyl groups excluding tert-OH is 2. The topological polar surface area (TPSA) is 94.5 Å². The Bertz CT molecular complexity index is 601. The summed E-state index contributed by atoms with van der Waals surface area (Å²) in [7, 11) is 0. The zero-order valence-corrected chi connectivity index (χ0v) is 20.1. The van der Waals surface area contributed by atoms with Crippen molar-refractivity contribution in [3.05, 3.63) is 0 Å². The van der Waals surface area contributed by atoms with Crippen LogP contribution in [0.1, 0.15) is 12.8 Å². The maximum absolute atomic E-state index is 13.6. The molecule has 5 fully saturated rings. The number of carbonyl (C=O) groups excluding carboxylic acids is 1. The van der Waals surface area contributed by atoms with Gasteiger partial charge in [0.25, 0.3) is 0 Å². The van der Waals surface area contributed by atoms with Crippen molar-refractivity contribution in [2.45, 2.75) is 36.6 Å². The van der Waals surface area contributed by atoms with Gasteiger partial charge < -0.3 is 29.2 Å². The molecule has 2 N–H and O–H groups in total. The second-order valence-electron chi connectivity index (χ2n) is 9.01. The van der Waals surface area contributed by atoms with E-state index in [2.05, 4.69) is 0 Å². The van der Waals surface area contributed by atoms with Crippen LogP contribution in [-0.4, -0.2) is 101 Å². The first kappa shape index (κ1) is 23.2. The Kier molecular flexibility index (Phi) is 7.21. The van der Waals surface area contributed by atoms with Crippen molar-refractivity contribution >= 4 is 41.1 Å². The van der Waals surface area contributed by atoms with Crippen molar-refractivity contribution in [2.24, 2.45) is 23.7 Å². The van der Waals surface area contributed by atoms with Gasteiger partial charge in [-0.05, 0) is 11.5 Å². The van der Waals surface area contributed by atoms with Gasteiger partial charge in [0.05, 0.1) is 50.5 Å². The average molecular weight is 493 g/mol. The van der Waals surface area contributed by atoms with E-state index in [9.17, 15) is 15.0 Å². The summed E-state index contributed by atoms with van der Waals surface area (Å²) in [5, 5.41) is 22.7. The number of Topliss-reactive ketones (excluding diaryl/α,β-unsaturated/α-hetero) is 1. The molecule has 31 heavy (non-hydrogen) atoms. The standard InChI is InChI=1S/C21H32O7S3/c22-17-13(18(23)15-11-29-7-1-20(15)25-3-4-26-20)9-31-10-14(17)19(24)16-12-30-8-2-21(16)27-5-6-28-21/h13-16,18-19,23-24H,1-12H2. The molecule has 5 heterocycles. The summed E-state index contributed by atoms with van der Waals surface area (Å²) in [4.78, 5) is 13.6. The zero-order chi connectivity index (χ0) is 21.5. The fraction of sp³-hybridized carbons (Fsp3) is 0.952. The number of hydrogen-bond acceptors (Lipinski definition) is 10. The molecule has 5 aliphatic heterocycles. The third-order valence-corrected chi connectivity index (χ3v) is 10.8. The zero-order valence-electron chi connectivity index (χ0n) is 17.6. The molecule has 0 aliphatic carbocycles. The Morgan fingerprint density at radius 3 is 1.55 bits per heavy atom. The van der Waals surface area contributed by atoms with Gasteiger partial charge in [-0.25, -0.2) is 0 Å². The highest BCUT2D eigenvalue weighted by Gasteiger charge is 2.56. The highest BCUT2D eigenvalue weighted by Crippen LogP contribution is 2.46. The van der Waals surface area contributed by atoms with Crippen molar-refractivity contribution in [2.75, 3.05) is 60.9 Å². The van der Waals surface area contributed by atoms with E-state index >= 15 is 0 Å². The van der Waals surface area contributed by atoms with Crippen molar-refractivity contribution in [1.29, 1.82) is 0 Å². The molecule has 176 valence electrons. The van der Waals surface area contributed by atoms with Crippen LogP contribution >= 0.6 is 35.3 Å². The van der Waals surface area contributed by atoms with Gasteiger partial charge in [0.15, 0.2) is 11.6 Å². The summed E-state index contributed by atoms with van der Waals surface area (Å²) < 4.78 is 23.9. The molecule has 6 unspecified atom stereocenters. The quantitative estimate of drug-likeness (QED) is 0.597. The molecule has 7 nitrogen and oxygen atoms in total. The molecule has 5 aliphatic rings. The summed E-state index contributed by atoms with van der Waals surface area (Å²) in [6.07, 6.45) is -0.212. The Balaban J connectivity index is 1.32. The normalized spacial score (nSPS) is 39.7. The van der Waals surface area contributed by atoms with Crippen molar-refractivity contribution in [3.8, 4) is 0 Å². The van der Waals surface area contributed by atoms with Gasteiger partial charge in [0.2, 0.25) is 0 Å². The number of hydrogen-bond donors (Lipinski definition) is 2. The van der Waals surface area contributed by atoms with Crippen LogP contribution in [0.2, 0.25) is 0 Å². The lowest BCUT2D eigenvalue weighted by Crippen LogP contribution is -2.57. The highest BCUT2D eigenvalue weighted by atomic mass is 32.2. The van der Waals surface area contributed by atoms with E-state index in [1.807, 2.05) is 0 Å². The van der Waals surface area contributed by atoms with Gasteiger partial charge in [-0.2, -0.15) is 35.3 Å². The van der Waals surface area contributed by atoms with Crippen LogP contribution in [0.5, 0.6) is 0 Å². The summed E-state index contributed by atoms with van der Waals surface area (Å²) in [6, 6.07) is 0. The van der Waals surface area contributed by atoms with Gasteiger partial charge >= 0.3 is 0 Å². The van der Waals surface area contributed by atoms with E-state index in [1.54, 1.807) is 35.3 Å². The van der Waals surface area contributed by atoms with Crippen LogP contribution in [0.15, 0.2) is 0 Å². The molecule has 0 saturated carbocycles. The smallest absolute Gasteiger partial charge is 0.175 e. The summed E-state index contributed by atoms with van der Waals surface area (Å²) >= 11 is 5.20. The van der Waals surface area contributed by atoms with Gasteiger partial charge in [-0.3, -0.25) is 4.79 Å². The number of rotatable bonds is 4. The maximum atomic E-state index is 13.6. The molecule has 0 radical (unpaired) electrons. The molecule has 5 rings (SSSR count). The van der Waals surface area contributed by atoms with Gasteiger partial charge in [-0.1, -0.05) is 0 Å². The number of thioether (sulfide) groups is 3. The monoisotopic (exact) mass is 492 g/mol. The Morgan fingerprint density at radius 2 is 1.13 bits per heavy atom. The minimum Gasteiger partial charge on any atom is -0.392 e. The molecule has 0 aromatic heterocycles. The maximum Gasteiger partial charge on any atom is 0.175 e. The number of carbonyl (C=O) groups is 1. The van der Waals surface area contributed by atoms with Gasteiger partial charge in [0.1, 0.15) is 5.78 Å². The first-order valence-corrected chi connectivity index (χ1v) is 14.7. The molecule has 0 aromatic carbocycles. The number of aliphatic hydroxyl groups is 2. The van der Waals surface area contributed by atoms with Crippen LogP contribution in [0.3, 0.4) is 0 Å². The third-order valence-electron chi connectivity index (χ3n) is 7.44. The van der Waals surface area contributed by atoms with E-state index in [-0.39, 0.29) is 17.6 Å². The molecule has 5 saturated heterocycles. The SMILES string of the molecule is O=C1C(C(O)C2CSCCC23OCCO3)CSCC1C(O)C1CSCCC12OCCO2. The largest absolute Gasteiger partial charge is 0.392 e. The first-order chi connectivity index (χ1) is 15.1. The molecule has 10 heteroatoms. The highest BCUT2D eigenvalue weighted by molar-refractivity contribution is 7.99. The molecule has 0 bridgehead atoms. The summed E-state index contributed by atoms with van der Waals surface area (Å²) in [5.74, 6) is 1.33. The fourth-order valence-electron chi connectivity index (χ4n) is 5.71. The lowest BCUT2D eigenvalue weighted by Gasteiger charge is -2.46. The van der Waals surface area contributed by atoms with E-state index in [0.717, 1.165) is 24.3 Å². The van der Waals surface area contributed by atoms with E-state index < -0.39 is 35.6 Å². The average Bonchev–Trinajstić information content (AvgIpc) is 3.44.